The molecule has 0 aromatic heterocycles. The van der Waals surface area contributed by atoms with Gasteiger partial charge in [-0.05, 0) is 49.9 Å². The van der Waals surface area contributed by atoms with E-state index in [-0.39, 0.29) is 6.10 Å². The number of aliphatic hydroxyl groups is 1. The monoisotopic (exact) mass is 316 g/mol. The van der Waals surface area contributed by atoms with E-state index in [1.165, 1.54) is 12.0 Å². The van der Waals surface area contributed by atoms with Gasteiger partial charge in [0.2, 0.25) is 0 Å². The molecule has 1 N–H and O–H groups in total. The zero-order valence-corrected chi connectivity index (χ0v) is 14.1. The highest BCUT2D eigenvalue weighted by Crippen LogP contribution is 2.25. The highest BCUT2D eigenvalue weighted by molar-refractivity contribution is 5.28. The van der Waals surface area contributed by atoms with Crippen LogP contribution in [0.4, 0.5) is 0 Å². The molecule has 1 aliphatic rings. The molecule has 0 bridgehead atoms. The Hall–Kier alpha value is -1.57. The maximum absolute atomic E-state index is 10.1. The molecule has 126 valence electrons. The minimum absolute atomic E-state index is 0.138. The van der Waals surface area contributed by atoms with Crippen LogP contribution in [0.25, 0.3) is 0 Å². The van der Waals surface area contributed by atoms with E-state index < -0.39 is 0 Å². The summed E-state index contributed by atoms with van der Waals surface area (Å²) in [6, 6.07) is 10.3. The second-order valence-electron chi connectivity index (χ2n) is 6.57. The predicted octanol–water partition coefficient (Wildman–Crippen LogP) is 3.35. The Balaban J connectivity index is 1.80. The van der Waals surface area contributed by atoms with Crippen molar-refractivity contribution in [3.05, 3.63) is 29.8 Å². The molecule has 0 aliphatic heterocycles. The molecular weight excluding hydrogens is 288 g/mol. The van der Waals surface area contributed by atoms with Crippen LogP contribution in [0.1, 0.15) is 44.1 Å². The van der Waals surface area contributed by atoms with Gasteiger partial charge in [-0.25, -0.2) is 0 Å². The number of hydrogen-bond donors (Lipinski definition) is 1. The molecule has 23 heavy (non-hydrogen) atoms. The third kappa shape index (κ3) is 6.21. The highest BCUT2D eigenvalue weighted by Gasteiger charge is 2.24. The van der Waals surface area contributed by atoms with Crippen molar-refractivity contribution in [1.82, 2.24) is 4.90 Å². The quantitative estimate of drug-likeness (QED) is 0.747. The van der Waals surface area contributed by atoms with E-state index in [0.717, 1.165) is 44.5 Å². The van der Waals surface area contributed by atoms with Gasteiger partial charge in [0.05, 0.1) is 18.8 Å². The van der Waals surface area contributed by atoms with E-state index in [4.69, 9.17) is 10.00 Å². The first kappa shape index (κ1) is 17.8. The fourth-order valence-electron chi connectivity index (χ4n) is 3.25. The summed E-state index contributed by atoms with van der Waals surface area (Å²) in [7, 11) is 2.11. The molecule has 1 fully saturated rings. The van der Waals surface area contributed by atoms with Crippen molar-refractivity contribution in [3.8, 4) is 11.8 Å². The molecule has 1 aliphatic carbocycles. The summed E-state index contributed by atoms with van der Waals surface area (Å²) in [5, 5.41) is 18.6. The van der Waals surface area contributed by atoms with Crippen LogP contribution in [0.5, 0.6) is 5.75 Å². The fraction of sp³-hybridized carbons (Fsp3) is 0.632. The Morgan fingerprint density at radius 1 is 1.35 bits per heavy atom. The standard InChI is InChI=1S/C19H28N2O2/c1-21(15-17-8-2-3-10-19(17)22)14-16-7-6-9-18(13-16)23-12-5-4-11-20/h6-7,9,13,17,19,22H,2-5,8,10,12,14-15H2,1H3. The van der Waals surface area contributed by atoms with Crippen molar-refractivity contribution in [1.29, 1.82) is 5.26 Å². The van der Waals surface area contributed by atoms with Crippen molar-refractivity contribution >= 4 is 0 Å². The second-order valence-corrected chi connectivity index (χ2v) is 6.57. The van der Waals surface area contributed by atoms with Crippen LogP contribution in [0.2, 0.25) is 0 Å². The van der Waals surface area contributed by atoms with Crippen molar-refractivity contribution in [2.24, 2.45) is 5.92 Å². The number of unbranched alkanes of at least 4 members (excludes halogenated alkanes) is 1. The number of aliphatic hydroxyl groups excluding tert-OH is 1. The Bertz CT molecular complexity index is 512. The number of hydrogen-bond acceptors (Lipinski definition) is 4. The summed E-state index contributed by atoms with van der Waals surface area (Å²) >= 11 is 0. The van der Waals surface area contributed by atoms with E-state index in [0.29, 0.717) is 18.9 Å². The van der Waals surface area contributed by atoms with Gasteiger partial charge in [0.15, 0.2) is 0 Å². The number of rotatable bonds is 8. The number of benzene rings is 1. The number of ether oxygens (including phenoxy) is 1. The summed E-state index contributed by atoms with van der Waals surface area (Å²) in [6.45, 7) is 2.38. The molecule has 1 aromatic rings. The second kappa shape index (κ2) is 9.54. The third-order valence-corrected chi connectivity index (χ3v) is 4.47. The molecule has 1 saturated carbocycles. The van der Waals surface area contributed by atoms with Crippen LogP contribution < -0.4 is 4.74 Å². The molecule has 1 aromatic carbocycles. The van der Waals surface area contributed by atoms with Crippen LogP contribution in [-0.2, 0) is 6.54 Å². The Labute approximate surface area is 139 Å². The molecule has 0 saturated heterocycles. The largest absolute Gasteiger partial charge is 0.494 e. The van der Waals surface area contributed by atoms with Crippen molar-refractivity contribution in [3.63, 3.8) is 0 Å². The summed E-state index contributed by atoms with van der Waals surface area (Å²) in [6.07, 6.45) is 5.64. The summed E-state index contributed by atoms with van der Waals surface area (Å²) in [5.74, 6) is 1.27. The average Bonchev–Trinajstić information content (AvgIpc) is 2.54. The van der Waals surface area contributed by atoms with Crippen LogP contribution in [0.3, 0.4) is 0 Å². The Morgan fingerprint density at radius 3 is 2.96 bits per heavy atom. The smallest absolute Gasteiger partial charge is 0.119 e. The third-order valence-electron chi connectivity index (χ3n) is 4.47. The minimum atomic E-state index is -0.138. The van der Waals surface area contributed by atoms with E-state index in [1.807, 2.05) is 12.1 Å². The highest BCUT2D eigenvalue weighted by atomic mass is 16.5. The lowest BCUT2D eigenvalue weighted by Crippen LogP contribution is -2.34. The van der Waals surface area contributed by atoms with E-state index in [2.05, 4.69) is 30.1 Å². The van der Waals surface area contributed by atoms with Gasteiger partial charge in [-0.1, -0.05) is 25.0 Å². The van der Waals surface area contributed by atoms with Crippen LogP contribution in [-0.4, -0.2) is 36.3 Å². The Kier molecular flexibility index (Phi) is 7.38. The lowest BCUT2D eigenvalue weighted by molar-refractivity contribution is 0.0501. The first-order valence-electron chi connectivity index (χ1n) is 8.64. The van der Waals surface area contributed by atoms with Crippen molar-refractivity contribution < 1.29 is 9.84 Å². The Morgan fingerprint density at radius 2 is 2.17 bits per heavy atom. The van der Waals surface area contributed by atoms with Gasteiger partial charge >= 0.3 is 0 Å². The predicted molar refractivity (Wildman–Crippen MR) is 91.1 cm³/mol. The number of nitriles is 1. The molecule has 4 heteroatoms. The normalized spacial score (nSPS) is 21.1. The van der Waals surface area contributed by atoms with Gasteiger partial charge in [-0.15, -0.1) is 0 Å². The molecule has 2 unspecified atom stereocenters. The average molecular weight is 316 g/mol. The van der Waals surface area contributed by atoms with Crippen LogP contribution in [0.15, 0.2) is 24.3 Å². The van der Waals surface area contributed by atoms with Gasteiger partial charge in [0.25, 0.3) is 0 Å². The molecule has 0 radical (unpaired) electrons. The molecule has 0 spiro atoms. The summed E-state index contributed by atoms with van der Waals surface area (Å²) in [5.41, 5.74) is 1.22. The van der Waals surface area contributed by atoms with Gasteiger partial charge < -0.3 is 14.7 Å². The zero-order chi connectivity index (χ0) is 16.5. The SMILES string of the molecule is CN(Cc1cccc(OCCCC#N)c1)CC1CCCCC1O. The van der Waals surface area contributed by atoms with Crippen LogP contribution in [0, 0.1) is 17.2 Å². The zero-order valence-electron chi connectivity index (χ0n) is 14.1. The fourth-order valence-corrected chi connectivity index (χ4v) is 3.25. The molecule has 4 nitrogen and oxygen atoms in total. The molecular formula is C19H28N2O2. The van der Waals surface area contributed by atoms with Gasteiger partial charge in [-0.3, -0.25) is 0 Å². The van der Waals surface area contributed by atoms with E-state index in [9.17, 15) is 5.11 Å². The van der Waals surface area contributed by atoms with Gasteiger partial charge in [-0.2, -0.15) is 5.26 Å². The summed E-state index contributed by atoms with van der Waals surface area (Å²) in [4.78, 5) is 2.29. The van der Waals surface area contributed by atoms with E-state index >= 15 is 0 Å². The molecule has 2 atom stereocenters. The van der Waals surface area contributed by atoms with E-state index in [1.54, 1.807) is 0 Å². The lowest BCUT2D eigenvalue weighted by atomic mass is 9.86. The van der Waals surface area contributed by atoms with Crippen molar-refractivity contribution in [2.45, 2.75) is 51.2 Å². The topological polar surface area (TPSA) is 56.5 Å². The van der Waals surface area contributed by atoms with Crippen molar-refractivity contribution in [2.75, 3.05) is 20.2 Å². The number of nitrogens with zero attached hydrogens (tertiary/aromatic N) is 2. The first-order chi connectivity index (χ1) is 11.2. The van der Waals surface area contributed by atoms with Crippen LogP contribution >= 0.6 is 0 Å². The molecule has 0 heterocycles. The van der Waals surface area contributed by atoms with Gasteiger partial charge in [0.1, 0.15) is 5.75 Å². The van der Waals surface area contributed by atoms with Gasteiger partial charge in [0, 0.05) is 19.5 Å². The maximum atomic E-state index is 10.1. The molecule has 0 amide bonds. The first-order valence-corrected chi connectivity index (χ1v) is 8.64. The minimum Gasteiger partial charge on any atom is -0.494 e. The maximum Gasteiger partial charge on any atom is 0.119 e. The molecule has 2 rings (SSSR count). The summed E-state index contributed by atoms with van der Waals surface area (Å²) < 4.78 is 5.69. The lowest BCUT2D eigenvalue weighted by Gasteiger charge is -2.31.